The van der Waals surface area contributed by atoms with Gasteiger partial charge in [0.15, 0.2) is 0 Å². The molecule has 0 bridgehead atoms. The summed E-state index contributed by atoms with van der Waals surface area (Å²) in [6.45, 7) is 8.95. The molecule has 1 unspecified atom stereocenters. The third kappa shape index (κ3) is 3.14. The summed E-state index contributed by atoms with van der Waals surface area (Å²) in [6.07, 6.45) is 1.77. The number of nitrogens with one attached hydrogen (secondary N) is 1. The average Bonchev–Trinajstić information content (AvgIpc) is 2.40. The van der Waals surface area contributed by atoms with E-state index in [0.717, 1.165) is 31.9 Å². The smallest absolute Gasteiger partial charge is 0.316 e. The molecule has 1 aliphatic rings. The molecule has 1 atom stereocenters. The van der Waals surface area contributed by atoms with Crippen LogP contribution in [0.3, 0.4) is 0 Å². The van der Waals surface area contributed by atoms with E-state index in [1.54, 1.807) is 6.20 Å². The number of aromatic nitrogens is 2. The van der Waals surface area contributed by atoms with Crippen molar-refractivity contribution in [1.29, 1.82) is 0 Å². The Morgan fingerprint density at radius 2 is 2.24 bits per heavy atom. The first-order chi connectivity index (χ1) is 8.31. The van der Waals surface area contributed by atoms with Gasteiger partial charge in [0.05, 0.1) is 12.3 Å². The van der Waals surface area contributed by atoms with E-state index in [9.17, 15) is 0 Å². The van der Waals surface area contributed by atoms with Gasteiger partial charge < -0.3 is 10.1 Å². The van der Waals surface area contributed by atoms with Gasteiger partial charge in [-0.1, -0.05) is 0 Å². The molecule has 1 aromatic heterocycles. The lowest BCUT2D eigenvalue weighted by atomic mass is 10.2. The predicted octanol–water partition coefficient (Wildman–Crippen LogP) is 0.841. The first-order valence-corrected chi connectivity index (χ1v) is 6.21. The number of rotatable bonds is 4. The van der Waals surface area contributed by atoms with Crippen molar-refractivity contribution in [2.24, 2.45) is 0 Å². The third-order valence-electron chi connectivity index (χ3n) is 3.06. The minimum absolute atomic E-state index is 0.319. The molecule has 17 heavy (non-hydrogen) atoms. The highest BCUT2D eigenvalue weighted by atomic mass is 16.5. The average molecular weight is 236 g/mol. The molecule has 1 aromatic rings. The predicted molar refractivity (Wildman–Crippen MR) is 66.1 cm³/mol. The molecule has 1 fully saturated rings. The number of hydrogen-bond donors (Lipinski definition) is 1. The van der Waals surface area contributed by atoms with Crippen molar-refractivity contribution in [1.82, 2.24) is 20.2 Å². The van der Waals surface area contributed by atoms with Crippen LogP contribution in [0.15, 0.2) is 12.3 Å². The van der Waals surface area contributed by atoms with Crippen molar-refractivity contribution in [3.8, 4) is 6.01 Å². The van der Waals surface area contributed by atoms with E-state index in [4.69, 9.17) is 4.74 Å². The van der Waals surface area contributed by atoms with Gasteiger partial charge in [-0.15, -0.1) is 0 Å². The molecule has 1 saturated heterocycles. The zero-order valence-electron chi connectivity index (χ0n) is 10.5. The van der Waals surface area contributed by atoms with Gasteiger partial charge in [0, 0.05) is 38.4 Å². The monoisotopic (exact) mass is 236 g/mol. The van der Waals surface area contributed by atoms with Crippen LogP contribution in [-0.2, 0) is 0 Å². The molecule has 0 spiro atoms. The molecular formula is C12H20N4O. The summed E-state index contributed by atoms with van der Waals surface area (Å²) in [5.41, 5.74) is 1.03. The van der Waals surface area contributed by atoms with Crippen molar-refractivity contribution in [3.05, 3.63) is 18.0 Å². The Labute approximate surface area is 102 Å². The van der Waals surface area contributed by atoms with Gasteiger partial charge in [-0.2, -0.15) is 4.98 Å². The van der Waals surface area contributed by atoms with Crippen LogP contribution in [0.5, 0.6) is 6.01 Å². The van der Waals surface area contributed by atoms with E-state index in [-0.39, 0.29) is 0 Å². The molecule has 2 heterocycles. The maximum absolute atomic E-state index is 5.33. The molecule has 0 saturated carbocycles. The van der Waals surface area contributed by atoms with E-state index in [0.29, 0.717) is 18.7 Å². The second kappa shape index (κ2) is 5.93. The van der Waals surface area contributed by atoms with E-state index in [2.05, 4.69) is 27.1 Å². The Kier molecular flexibility index (Phi) is 4.28. The Balaban J connectivity index is 2.06. The SMILES string of the molecule is CCOc1nccc(C(C)N2CCNCC2)n1. The van der Waals surface area contributed by atoms with Gasteiger partial charge in [0.2, 0.25) is 0 Å². The topological polar surface area (TPSA) is 50.3 Å². The van der Waals surface area contributed by atoms with E-state index >= 15 is 0 Å². The summed E-state index contributed by atoms with van der Waals surface area (Å²) in [5.74, 6) is 0. The number of hydrogen-bond acceptors (Lipinski definition) is 5. The highest BCUT2D eigenvalue weighted by Gasteiger charge is 2.19. The summed E-state index contributed by atoms with van der Waals surface area (Å²) < 4.78 is 5.33. The molecule has 5 nitrogen and oxygen atoms in total. The fourth-order valence-corrected chi connectivity index (χ4v) is 2.04. The zero-order valence-corrected chi connectivity index (χ0v) is 10.5. The number of ether oxygens (including phenoxy) is 1. The molecule has 0 radical (unpaired) electrons. The van der Waals surface area contributed by atoms with Crippen LogP contribution < -0.4 is 10.1 Å². The first kappa shape index (κ1) is 12.3. The lowest BCUT2D eigenvalue weighted by molar-refractivity contribution is 0.181. The Morgan fingerprint density at radius 3 is 2.94 bits per heavy atom. The van der Waals surface area contributed by atoms with Crippen LogP contribution >= 0.6 is 0 Å². The largest absolute Gasteiger partial charge is 0.464 e. The number of nitrogens with zero attached hydrogens (tertiary/aromatic N) is 3. The normalized spacial score (nSPS) is 18.9. The van der Waals surface area contributed by atoms with Gasteiger partial charge in [-0.3, -0.25) is 4.90 Å². The van der Waals surface area contributed by atoms with E-state index in [1.807, 2.05) is 13.0 Å². The molecule has 0 amide bonds. The molecule has 1 N–H and O–H groups in total. The quantitative estimate of drug-likeness (QED) is 0.839. The summed E-state index contributed by atoms with van der Waals surface area (Å²) in [7, 11) is 0. The number of piperazine rings is 1. The van der Waals surface area contributed by atoms with Crippen LogP contribution in [-0.4, -0.2) is 47.7 Å². The van der Waals surface area contributed by atoms with Crippen LogP contribution in [0.25, 0.3) is 0 Å². The van der Waals surface area contributed by atoms with Crippen molar-refractivity contribution in [3.63, 3.8) is 0 Å². The van der Waals surface area contributed by atoms with Gasteiger partial charge in [0.1, 0.15) is 0 Å². The van der Waals surface area contributed by atoms with Gasteiger partial charge in [-0.05, 0) is 19.9 Å². The van der Waals surface area contributed by atoms with Crippen molar-refractivity contribution in [2.75, 3.05) is 32.8 Å². The van der Waals surface area contributed by atoms with E-state index in [1.165, 1.54) is 0 Å². The maximum Gasteiger partial charge on any atom is 0.316 e. The summed E-state index contributed by atoms with van der Waals surface area (Å²) in [5, 5.41) is 3.35. The second-order valence-electron chi connectivity index (χ2n) is 4.16. The van der Waals surface area contributed by atoms with Crippen molar-refractivity contribution < 1.29 is 4.74 Å². The fourth-order valence-electron chi connectivity index (χ4n) is 2.04. The third-order valence-corrected chi connectivity index (χ3v) is 3.06. The molecule has 2 rings (SSSR count). The molecular weight excluding hydrogens is 216 g/mol. The molecule has 0 aliphatic carbocycles. The summed E-state index contributed by atoms with van der Waals surface area (Å²) in [6, 6.07) is 2.76. The van der Waals surface area contributed by atoms with Crippen LogP contribution in [0.4, 0.5) is 0 Å². The standard InChI is InChI=1S/C12H20N4O/c1-3-17-12-14-5-4-11(15-12)10(2)16-8-6-13-7-9-16/h4-5,10,13H,3,6-9H2,1-2H3. The molecule has 1 aliphatic heterocycles. The first-order valence-electron chi connectivity index (χ1n) is 6.21. The Hall–Kier alpha value is -1.20. The van der Waals surface area contributed by atoms with Crippen LogP contribution in [0, 0.1) is 0 Å². The van der Waals surface area contributed by atoms with Gasteiger partial charge in [0.25, 0.3) is 0 Å². The molecule has 0 aromatic carbocycles. The van der Waals surface area contributed by atoms with Crippen LogP contribution in [0.1, 0.15) is 25.6 Å². The van der Waals surface area contributed by atoms with Crippen molar-refractivity contribution >= 4 is 0 Å². The maximum atomic E-state index is 5.33. The Bertz CT molecular complexity index is 352. The van der Waals surface area contributed by atoms with Gasteiger partial charge in [-0.25, -0.2) is 4.98 Å². The summed E-state index contributed by atoms with van der Waals surface area (Å²) >= 11 is 0. The highest BCUT2D eigenvalue weighted by Crippen LogP contribution is 2.19. The minimum Gasteiger partial charge on any atom is -0.464 e. The second-order valence-corrected chi connectivity index (χ2v) is 4.16. The summed E-state index contributed by atoms with van der Waals surface area (Å²) in [4.78, 5) is 11.0. The minimum atomic E-state index is 0.319. The van der Waals surface area contributed by atoms with Crippen molar-refractivity contribution in [2.45, 2.75) is 19.9 Å². The lowest BCUT2D eigenvalue weighted by Crippen LogP contribution is -2.44. The fraction of sp³-hybridized carbons (Fsp3) is 0.667. The van der Waals surface area contributed by atoms with Gasteiger partial charge >= 0.3 is 6.01 Å². The lowest BCUT2D eigenvalue weighted by Gasteiger charge is -2.32. The Morgan fingerprint density at radius 1 is 1.47 bits per heavy atom. The van der Waals surface area contributed by atoms with E-state index < -0.39 is 0 Å². The molecule has 5 heteroatoms. The highest BCUT2D eigenvalue weighted by molar-refractivity contribution is 5.10. The zero-order chi connectivity index (χ0) is 12.1. The van der Waals surface area contributed by atoms with Crippen LogP contribution in [0.2, 0.25) is 0 Å². The molecule has 94 valence electrons.